The van der Waals surface area contributed by atoms with Gasteiger partial charge in [0.15, 0.2) is 0 Å². The van der Waals surface area contributed by atoms with Crippen molar-refractivity contribution in [3.63, 3.8) is 0 Å². The molecule has 0 bridgehead atoms. The van der Waals surface area contributed by atoms with Gasteiger partial charge in [0.1, 0.15) is 0 Å². The zero-order valence-corrected chi connectivity index (χ0v) is 8.33. The lowest BCUT2D eigenvalue weighted by Gasteiger charge is -2.31. The molecule has 1 aliphatic heterocycles. The lowest BCUT2D eigenvalue weighted by Crippen LogP contribution is -2.53. The van der Waals surface area contributed by atoms with E-state index < -0.39 is 6.09 Å². The maximum absolute atomic E-state index is 10.8. The number of piperazine rings is 1. The van der Waals surface area contributed by atoms with E-state index in [-0.39, 0.29) is 6.04 Å². The molecule has 1 aromatic rings. The molecule has 1 fully saturated rings. The number of rotatable bonds is 2. The number of hydrogen-bond acceptors (Lipinski definition) is 3. The van der Waals surface area contributed by atoms with Crippen LogP contribution in [0, 0.1) is 0 Å². The maximum atomic E-state index is 10.8. The second kappa shape index (κ2) is 4.31. The SMILES string of the molecule is O=C(O)N1CCN[C@H](Cn2ccnc2)C1. The number of imidazole rings is 1. The third-order valence-corrected chi connectivity index (χ3v) is 2.52. The predicted molar refractivity (Wildman–Crippen MR) is 53.6 cm³/mol. The van der Waals surface area contributed by atoms with Crippen LogP contribution >= 0.6 is 0 Å². The van der Waals surface area contributed by atoms with Crippen LogP contribution in [-0.4, -0.2) is 51.3 Å². The van der Waals surface area contributed by atoms with Crippen LogP contribution in [0.3, 0.4) is 0 Å². The van der Waals surface area contributed by atoms with Gasteiger partial charge in [0.25, 0.3) is 0 Å². The van der Waals surface area contributed by atoms with Gasteiger partial charge < -0.3 is 19.9 Å². The molecule has 2 heterocycles. The van der Waals surface area contributed by atoms with Crippen LogP contribution in [0.5, 0.6) is 0 Å². The van der Waals surface area contributed by atoms with E-state index in [1.165, 1.54) is 4.90 Å². The molecule has 0 saturated carbocycles. The lowest BCUT2D eigenvalue weighted by atomic mass is 10.2. The molecule has 1 atom stereocenters. The van der Waals surface area contributed by atoms with Gasteiger partial charge in [-0.3, -0.25) is 0 Å². The van der Waals surface area contributed by atoms with E-state index in [2.05, 4.69) is 10.3 Å². The van der Waals surface area contributed by atoms with E-state index in [0.29, 0.717) is 19.6 Å². The summed E-state index contributed by atoms with van der Waals surface area (Å²) < 4.78 is 1.95. The summed E-state index contributed by atoms with van der Waals surface area (Å²) in [4.78, 5) is 16.2. The average molecular weight is 210 g/mol. The van der Waals surface area contributed by atoms with E-state index in [1.807, 2.05) is 10.8 Å². The summed E-state index contributed by atoms with van der Waals surface area (Å²) in [7, 11) is 0. The highest BCUT2D eigenvalue weighted by atomic mass is 16.4. The second-order valence-corrected chi connectivity index (χ2v) is 3.64. The summed E-state index contributed by atoms with van der Waals surface area (Å²) in [6.45, 7) is 2.57. The topological polar surface area (TPSA) is 70.4 Å². The molecule has 0 aromatic carbocycles. The molecule has 2 N–H and O–H groups in total. The minimum atomic E-state index is -0.841. The third kappa shape index (κ3) is 2.47. The van der Waals surface area contributed by atoms with Crippen LogP contribution in [-0.2, 0) is 6.54 Å². The molecule has 15 heavy (non-hydrogen) atoms. The molecule has 82 valence electrons. The number of hydrogen-bond donors (Lipinski definition) is 2. The number of aromatic nitrogens is 2. The van der Waals surface area contributed by atoms with Crippen molar-refractivity contribution >= 4 is 6.09 Å². The second-order valence-electron chi connectivity index (χ2n) is 3.64. The Morgan fingerprint density at radius 3 is 3.20 bits per heavy atom. The largest absolute Gasteiger partial charge is 0.465 e. The summed E-state index contributed by atoms with van der Waals surface area (Å²) >= 11 is 0. The quantitative estimate of drug-likeness (QED) is 0.711. The molecule has 2 rings (SSSR count). The van der Waals surface area contributed by atoms with Crippen LogP contribution in [0.4, 0.5) is 4.79 Å². The van der Waals surface area contributed by atoms with Crippen molar-refractivity contribution in [1.82, 2.24) is 19.8 Å². The number of nitrogens with one attached hydrogen (secondary N) is 1. The van der Waals surface area contributed by atoms with E-state index in [1.54, 1.807) is 12.5 Å². The summed E-state index contributed by atoms with van der Waals surface area (Å²) in [5.74, 6) is 0. The van der Waals surface area contributed by atoms with Crippen molar-refractivity contribution in [1.29, 1.82) is 0 Å². The molecule has 6 heteroatoms. The minimum Gasteiger partial charge on any atom is -0.465 e. The van der Waals surface area contributed by atoms with Crippen molar-refractivity contribution in [2.75, 3.05) is 19.6 Å². The number of amides is 1. The van der Waals surface area contributed by atoms with Crippen LogP contribution in [0.1, 0.15) is 0 Å². The Hall–Kier alpha value is -1.56. The molecular weight excluding hydrogens is 196 g/mol. The predicted octanol–water partition coefficient (Wildman–Crippen LogP) is -0.165. The molecule has 1 aromatic heterocycles. The van der Waals surface area contributed by atoms with Crippen LogP contribution in [0.15, 0.2) is 18.7 Å². The first-order chi connectivity index (χ1) is 7.25. The summed E-state index contributed by atoms with van der Waals surface area (Å²) in [6, 6.07) is 0.170. The molecule has 6 nitrogen and oxygen atoms in total. The molecule has 0 unspecified atom stereocenters. The Kier molecular flexibility index (Phi) is 2.86. The van der Waals surface area contributed by atoms with Crippen LogP contribution in [0.2, 0.25) is 0 Å². The van der Waals surface area contributed by atoms with E-state index in [4.69, 9.17) is 5.11 Å². The Morgan fingerprint density at radius 2 is 2.53 bits per heavy atom. The van der Waals surface area contributed by atoms with Gasteiger partial charge in [-0.25, -0.2) is 9.78 Å². The van der Waals surface area contributed by atoms with Gasteiger partial charge >= 0.3 is 6.09 Å². The smallest absolute Gasteiger partial charge is 0.407 e. The number of nitrogens with zero attached hydrogens (tertiary/aromatic N) is 3. The van der Waals surface area contributed by atoms with Gasteiger partial charge in [-0.05, 0) is 0 Å². The first-order valence-electron chi connectivity index (χ1n) is 4.92. The fraction of sp³-hybridized carbons (Fsp3) is 0.556. The highest BCUT2D eigenvalue weighted by Gasteiger charge is 2.22. The highest BCUT2D eigenvalue weighted by molar-refractivity contribution is 5.65. The van der Waals surface area contributed by atoms with Gasteiger partial charge in [-0.2, -0.15) is 0 Å². The van der Waals surface area contributed by atoms with Gasteiger partial charge in [0, 0.05) is 44.6 Å². The zero-order chi connectivity index (χ0) is 10.7. The van der Waals surface area contributed by atoms with Crippen LogP contribution < -0.4 is 5.32 Å². The van der Waals surface area contributed by atoms with Crippen molar-refractivity contribution in [2.24, 2.45) is 0 Å². The van der Waals surface area contributed by atoms with Crippen molar-refractivity contribution in [2.45, 2.75) is 12.6 Å². The van der Waals surface area contributed by atoms with E-state index in [9.17, 15) is 4.79 Å². The van der Waals surface area contributed by atoms with E-state index >= 15 is 0 Å². The summed E-state index contributed by atoms with van der Waals surface area (Å²) in [6.07, 6.45) is 4.49. The number of carbonyl (C=O) groups is 1. The first kappa shape index (κ1) is 9.97. The fourth-order valence-corrected chi connectivity index (χ4v) is 1.77. The molecule has 0 radical (unpaired) electrons. The normalized spacial score (nSPS) is 21.6. The van der Waals surface area contributed by atoms with Gasteiger partial charge in [0.2, 0.25) is 0 Å². The summed E-state index contributed by atoms with van der Waals surface area (Å²) in [5, 5.41) is 12.1. The summed E-state index contributed by atoms with van der Waals surface area (Å²) in [5.41, 5.74) is 0. The third-order valence-electron chi connectivity index (χ3n) is 2.52. The average Bonchev–Trinajstić information content (AvgIpc) is 2.71. The molecule has 0 spiro atoms. The highest BCUT2D eigenvalue weighted by Crippen LogP contribution is 2.02. The minimum absolute atomic E-state index is 0.170. The van der Waals surface area contributed by atoms with Crippen molar-refractivity contribution in [3.8, 4) is 0 Å². The Bertz CT molecular complexity index is 325. The Balaban J connectivity index is 1.90. The molecule has 1 aliphatic rings. The zero-order valence-electron chi connectivity index (χ0n) is 8.33. The molecule has 0 aliphatic carbocycles. The number of carboxylic acid groups (broad SMARTS) is 1. The lowest BCUT2D eigenvalue weighted by molar-refractivity contribution is 0.126. The molecule has 1 amide bonds. The monoisotopic (exact) mass is 210 g/mol. The first-order valence-corrected chi connectivity index (χ1v) is 4.92. The van der Waals surface area contributed by atoms with Gasteiger partial charge in [0.05, 0.1) is 6.33 Å². The Morgan fingerprint density at radius 1 is 1.67 bits per heavy atom. The van der Waals surface area contributed by atoms with Crippen LogP contribution in [0.25, 0.3) is 0 Å². The van der Waals surface area contributed by atoms with Crippen molar-refractivity contribution in [3.05, 3.63) is 18.7 Å². The molecule has 1 saturated heterocycles. The fourth-order valence-electron chi connectivity index (χ4n) is 1.77. The Labute approximate surface area is 87.5 Å². The van der Waals surface area contributed by atoms with Gasteiger partial charge in [-0.1, -0.05) is 0 Å². The molecular formula is C9H14N4O2. The maximum Gasteiger partial charge on any atom is 0.407 e. The van der Waals surface area contributed by atoms with Gasteiger partial charge in [-0.15, -0.1) is 0 Å². The van der Waals surface area contributed by atoms with Crippen molar-refractivity contribution < 1.29 is 9.90 Å². The standard InChI is InChI=1S/C9H14N4O2/c14-9(15)13-4-2-11-8(6-13)5-12-3-1-10-7-12/h1,3,7-8,11H,2,4-6H2,(H,14,15)/t8-/m1/s1. The van der Waals surface area contributed by atoms with E-state index in [0.717, 1.165) is 6.54 Å².